The van der Waals surface area contributed by atoms with E-state index in [0.717, 1.165) is 24.2 Å². The van der Waals surface area contributed by atoms with Gasteiger partial charge in [0.05, 0.1) is 12.2 Å². The molecule has 0 unspecified atom stereocenters. The van der Waals surface area contributed by atoms with Crippen LogP contribution in [0.15, 0.2) is 0 Å². The van der Waals surface area contributed by atoms with Crippen molar-refractivity contribution in [3.63, 3.8) is 0 Å². The van der Waals surface area contributed by atoms with Gasteiger partial charge in [0.15, 0.2) is 0 Å². The highest BCUT2D eigenvalue weighted by molar-refractivity contribution is 5.47. The number of rotatable bonds is 5. The maximum atomic E-state index is 5.75. The van der Waals surface area contributed by atoms with E-state index in [-0.39, 0.29) is 5.41 Å². The maximum Gasteiger partial charge on any atom is 0.221 e. The van der Waals surface area contributed by atoms with Crippen LogP contribution in [0, 0.1) is 12.3 Å². The van der Waals surface area contributed by atoms with Crippen molar-refractivity contribution in [1.29, 1.82) is 0 Å². The Morgan fingerprint density at radius 2 is 1.94 bits per heavy atom. The number of nitrogens with two attached hydrogens (primary N) is 1. The van der Waals surface area contributed by atoms with Crippen molar-refractivity contribution in [3.05, 3.63) is 11.4 Å². The van der Waals surface area contributed by atoms with E-state index in [1.807, 2.05) is 13.8 Å². The summed E-state index contributed by atoms with van der Waals surface area (Å²) in [6.45, 7) is 11.1. The number of hydrogen-bond donors (Lipinski definition) is 2. The van der Waals surface area contributed by atoms with Gasteiger partial charge in [-0.25, -0.2) is 10.8 Å². The Morgan fingerprint density at radius 3 is 2.44 bits per heavy atom. The molecule has 5 nitrogen and oxygen atoms in total. The summed E-state index contributed by atoms with van der Waals surface area (Å²) >= 11 is 0. The van der Waals surface area contributed by atoms with Gasteiger partial charge in [-0.3, -0.25) is 0 Å². The van der Waals surface area contributed by atoms with Gasteiger partial charge in [-0.1, -0.05) is 27.7 Å². The molecule has 3 N–H and O–H groups in total. The molecule has 0 aliphatic carbocycles. The summed E-state index contributed by atoms with van der Waals surface area (Å²) in [5, 5.41) is 0. The van der Waals surface area contributed by atoms with Crippen LogP contribution in [0.2, 0.25) is 0 Å². The van der Waals surface area contributed by atoms with Crippen LogP contribution in [0.25, 0.3) is 0 Å². The predicted molar refractivity (Wildman–Crippen MR) is 73.5 cm³/mol. The summed E-state index contributed by atoms with van der Waals surface area (Å²) in [5.74, 6) is 7.44. The molecular weight excluding hydrogens is 228 g/mol. The zero-order valence-corrected chi connectivity index (χ0v) is 12.0. The van der Waals surface area contributed by atoms with Crippen LogP contribution >= 0.6 is 0 Å². The molecule has 102 valence electrons. The molecular formula is C13H24N4O. The first-order valence-electron chi connectivity index (χ1n) is 6.34. The largest absolute Gasteiger partial charge is 0.477 e. The number of ether oxygens (including phenoxy) is 1. The summed E-state index contributed by atoms with van der Waals surface area (Å²) in [4.78, 5) is 8.69. The van der Waals surface area contributed by atoms with E-state index in [1.54, 1.807) is 0 Å². The summed E-state index contributed by atoms with van der Waals surface area (Å²) in [6.07, 6.45) is 1.73. The van der Waals surface area contributed by atoms with E-state index in [1.165, 1.54) is 0 Å². The maximum absolute atomic E-state index is 5.75. The average Bonchev–Trinajstić information content (AvgIpc) is 2.29. The van der Waals surface area contributed by atoms with Gasteiger partial charge in [-0.15, -0.1) is 0 Å². The van der Waals surface area contributed by atoms with Crippen LogP contribution in [0.3, 0.4) is 0 Å². The predicted octanol–water partition coefficient (Wildman–Crippen LogP) is 2.45. The topological polar surface area (TPSA) is 73.1 Å². The van der Waals surface area contributed by atoms with Crippen molar-refractivity contribution in [3.8, 4) is 5.88 Å². The highest BCUT2D eigenvalue weighted by atomic mass is 16.5. The quantitative estimate of drug-likeness (QED) is 0.622. The van der Waals surface area contributed by atoms with E-state index in [0.29, 0.717) is 18.3 Å². The third-order valence-electron chi connectivity index (χ3n) is 2.69. The first kappa shape index (κ1) is 14.7. The lowest BCUT2D eigenvalue weighted by Gasteiger charge is -2.19. The molecule has 0 aliphatic heterocycles. The van der Waals surface area contributed by atoms with Gasteiger partial charge in [-0.2, -0.15) is 4.98 Å². The van der Waals surface area contributed by atoms with Crippen LogP contribution in [-0.2, 0) is 6.42 Å². The first-order valence-corrected chi connectivity index (χ1v) is 6.34. The number of nitrogens with one attached hydrogen (secondary N) is 1. The van der Waals surface area contributed by atoms with Crippen LogP contribution in [0.4, 0.5) is 5.82 Å². The fraction of sp³-hybridized carbons (Fsp3) is 0.692. The Balaban J connectivity index is 2.81. The van der Waals surface area contributed by atoms with Crippen molar-refractivity contribution in [2.45, 2.75) is 47.5 Å². The van der Waals surface area contributed by atoms with E-state index < -0.39 is 0 Å². The minimum atomic E-state index is 0.253. The van der Waals surface area contributed by atoms with Crippen LogP contribution in [0.1, 0.15) is 45.5 Å². The number of anilines is 1. The summed E-state index contributed by atoms with van der Waals surface area (Å²) in [5.41, 5.74) is 3.69. The number of hydrogen-bond acceptors (Lipinski definition) is 5. The zero-order valence-electron chi connectivity index (χ0n) is 12.0. The molecule has 0 aromatic carbocycles. The van der Waals surface area contributed by atoms with E-state index in [2.05, 4.69) is 36.2 Å². The molecule has 18 heavy (non-hydrogen) atoms. The number of aryl methyl sites for hydroxylation is 1. The Labute approximate surface area is 109 Å². The van der Waals surface area contributed by atoms with Gasteiger partial charge in [0.25, 0.3) is 0 Å². The summed E-state index contributed by atoms with van der Waals surface area (Å²) in [7, 11) is 0. The Bertz CT molecular complexity index is 399. The lowest BCUT2D eigenvalue weighted by Crippen LogP contribution is -2.15. The highest BCUT2D eigenvalue weighted by Crippen LogP contribution is 2.23. The summed E-state index contributed by atoms with van der Waals surface area (Å²) < 4.78 is 5.75. The fourth-order valence-electron chi connectivity index (χ4n) is 1.43. The summed E-state index contributed by atoms with van der Waals surface area (Å²) in [6, 6.07) is 0. The molecule has 0 amide bonds. The van der Waals surface area contributed by atoms with Crippen molar-refractivity contribution < 1.29 is 4.74 Å². The third-order valence-corrected chi connectivity index (χ3v) is 2.69. The van der Waals surface area contributed by atoms with E-state index in [9.17, 15) is 0 Å². The van der Waals surface area contributed by atoms with Gasteiger partial charge < -0.3 is 10.2 Å². The molecule has 1 heterocycles. The number of hydrazine groups is 1. The minimum absolute atomic E-state index is 0.253. The monoisotopic (exact) mass is 252 g/mol. The van der Waals surface area contributed by atoms with E-state index in [4.69, 9.17) is 10.6 Å². The number of nitrogen functional groups attached to an aromatic ring is 1. The third kappa shape index (κ3) is 4.14. The second kappa shape index (κ2) is 6.00. The van der Waals surface area contributed by atoms with Gasteiger partial charge in [0.2, 0.25) is 5.88 Å². The molecule has 0 saturated carbocycles. The fourth-order valence-corrected chi connectivity index (χ4v) is 1.43. The Hall–Kier alpha value is -1.36. The second-order valence-electron chi connectivity index (χ2n) is 5.58. The highest BCUT2D eigenvalue weighted by Gasteiger charge is 2.13. The smallest absolute Gasteiger partial charge is 0.221 e. The van der Waals surface area contributed by atoms with Gasteiger partial charge in [0.1, 0.15) is 11.6 Å². The van der Waals surface area contributed by atoms with E-state index >= 15 is 0 Å². The SMILES string of the molecule is CCc1nc(NN)c(C)c(OCCC(C)(C)C)n1. The van der Waals surface area contributed by atoms with Crippen molar-refractivity contribution in [1.82, 2.24) is 9.97 Å². The van der Waals surface area contributed by atoms with Crippen molar-refractivity contribution >= 4 is 5.82 Å². The molecule has 5 heteroatoms. The molecule has 0 aliphatic rings. The molecule has 1 aromatic rings. The van der Waals surface area contributed by atoms with Crippen molar-refractivity contribution in [2.75, 3.05) is 12.0 Å². The first-order chi connectivity index (χ1) is 8.37. The van der Waals surface area contributed by atoms with Gasteiger partial charge in [0, 0.05) is 6.42 Å². The van der Waals surface area contributed by atoms with Crippen LogP contribution in [0.5, 0.6) is 5.88 Å². The molecule has 0 atom stereocenters. The lowest BCUT2D eigenvalue weighted by molar-refractivity contribution is 0.234. The van der Waals surface area contributed by atoms with Crippen LogP contribution < -0.4 is 16.0 Å². The standard InChI is InChI=1S/C13H24N4O/c1-6-10-15-11(17-14)9(2)12(16-10)18-8-7-13(3,4)5/h6-8,14H2,1-5H3,(H,15,16,17). The van der Waals surface area contributed by atoms with Gasteiger partial charge in [-0.05, 0) is 18.8 Å². The number of aromatic nitrogens is 2. The molecule has 1 rings (SSSR count). The number of nitrogens with zero attached hydrogens (tertiary/aromatic N) is 2. The molecule has 0 saturated heterocycles. The van der Waals surface area contributed by atoms with Gasteiger partial charge >= 0.3 is 0 Å². The Kier molecular flexibility index (Phi) is 4.90. The Morgan fingerprint density at radius 1 is 1.28 bits per heavy atom. The average molecular weight is 252 g/mol. The molecule has 0 fully saturated rings. The molecule has 0 spiro atoms. The minimum Gasteiger partial charge on any atom is -0.477 e. The van der Waals surface area contributed by atoms with Crippen LogP contribution in [-0.4, -0.2) is 16.6 Å². The van der Waals surface area contributed by atoms with Crippen molar-refractivity contribution in [2.24, 2.45) is 11.3 Å². The molecule has 1 aromatic heterocycles. The molecule has 0 bridgehead atoms. The molecule has 0 radical (unpaired) electrons. The second-order valence-corrected chi connectivity index (χ2v) is 5.58. The zero-order chi connectivity index (χ0) is 13.8. The normalized spacial score (nSPS) is 11.4. The lowest BCUT2D eigenvalue weighted by atomic mass is 9.93.